The van der Waals surface area contributed by atoms with Crippen molar-refractivity contribution >= 4 is 17.3 Å². The van der Waals surface area contributed by atoms with Gasteiger partial charge in [-0.15, -0.1) is 0 Å². The van der Waals surface area contributed by atoms with Gasteiger partial charge in [0.2, 0.25) is 0 Å². The van der Waals surface area contributed by atoms with Crippen molar-refractivity contribution in [3.8, 4) is 0 Å². The van der Waals surface area contributed by atoms with Crippen molar-refractivity contribution in [3.05, 3.63) is 0 Å². The molecule has 3 N–H and O–H groups in total. The minimum atomic E-state index is 0.220. The van der Waals surface area contributed by atoms with Crippen LogP contribution in [0.3, 0.4) is 0 Å². The molecule has 0 aliphatic carbocycles. The minimum Gasteiger partial charge on any atom is -0.383 e. The lowest BCUT2D eigenvalue weighted by Gasteiger charge is -2.21. The maximum absolute atomic E-state index is 5.33. The zero-order chi connectivity index (χ0) is 8.85. The SMILES string of the molecule is COCC(NC(N)=S)C(C)C. The molecule has 0 spiro atoms. The Hall–Kier alpha value is -0.350. The predicted molar refractivity (Wildman–Crippen MR) is 50.4 cm³/mol. The van der Waals surface area contributed by atoms with Crippen molar-refractivity contribution in [1.29, 1.82) is 0 Å². The first-order valence-electron chi connectivity index (χ1n) is 3.62. The molecule has 0 radical (unpaired) electrons. The Bertz CT molecular complexity index is 128. The van der Waals surface area contributed by atoms with Gasteiger partial charge in [0.05, 0.1) is 12.6 Å². The third kappa shape index (κ3) is 4.98. The fourth-order valence-corrected chi connectivity index (χ4v) is 0.914. The largest absolute Gasteiger partial charge is 0.383 e. The third-order valence-corrected chi connectivity index (χ3v) is 1.60. The average Bonchev–Trinajstić information content (AvgIpc) is 1.86. The highest BCUT2D eigenvalue weighted by Gasteiger charge is 2.12. The van der Waals surface area contributed by atoms with Crippen molar-refractivity contribution in [1.82, 2.24) is 5.32 Å². The summed E-state index contributed by atoms with van der Waals surface area (Å²) < 4.78 is 4.99. The van der Waals surface area contributed by atoms with Gasteiger partial charge in [0.15, 0.2) is 5.11 Å². The number of thiocarbonyl (C=S) groups is 1. The van der Waals surface area contributed by atoms with Gasteiger partial charge >= 0.3 is 0 Å². The number of rotatable bonds is 4. The number of nitrogens with two attached hydrogens (primary N) is 1. The van der Waals surface area contributed by atoms with Crippen LogP contribution in [-0.2, 0) is 4.74 Å². The van der Waals surface area contributed by atoms with E-state index < -0.39 is 0 Å². The average molecular weight is 176 g/mol. The maximum Gasteiger partial charge on any atom is 0.163 e. The first-order valence-corrected chi connectivity index (χ1v) is 4.03. The molecule has 0 amide bonds. The molecule has 0 rings (SSSR count). The molecule has 0 saturated carbocycles. The topological polar surface area (TPSA) is 47.3 Å². The summed E-state index contributed by atoms with van der Waals surface area (Å²) in [4.78, 5) is 0. The lowest BCUT2D eigenvalue weighted by Crippen LogP contribution is -2.44. The predicted octanol–water partition coefficient (Wildman–Crippen LogP) is 0.491. The van der Waals surface area contributed by atoms with Crippen molar-refractivity contribution in [2.24, 2.45) is 11.7 Å². The van der Waals surface area contributed by atoms with E-state index in [0.29, 0.717) is 17.6 Å². The number of hydrogen-bond acceptors (Lipinski definition) is 2. The highest BCUT2D eigenvalue weighted by atomic mass is 32.1. The van der Waals surface area contributed by atoms with Crippen LogP contribution in [0.4, 0.5) is 0 Å². The smallest absolute Gasteiger partial charge is 0.163 e. The molecule has 0 aromatic carbocycles. The normalized spacial score (nSPS) is 13.1. The Morgan fingerprint density at radius 1 is 1.64 bits per heavy atom. The van der Waals surface area contributed by atoms with Crippen LogP contribution in [0.2, 0.25) is 0 Å². The Labute approximate surface area is 73.3 Å². The van der Waals surface area contributed by atoms with Crippen LogP contribution in [-0.4, -0.2) is 24.9 Å². The fourth-order valence-electron chi connectivity index (χ4n) is 0.763. The van der Waals surface area contributed by atoms with E-state index in [-0.39, 0.29) is 6.04 Å². The molecular weight excluding hydrogens is 160 g/mol. The van der Waals surface area contributed by atoms with Crippen molar-refractivity contribution in [3.63, 3.8) is 0 Å². The van der Waals surface area contributed by atoms with Crippen LogP contribution >= 0.6 is 12.2 Å². The van der Waals surface area contributed by atoms with Crippen LogP contribution in [0.25, 0.3) is 0 Å². The Balaban J connectivity index is 3.79. The van der Waals surface area contributed by atoms with Crippen LogP contribution < -0.4 is 11.1 Å². The molecule has 0 aliphatic heterocycles. The minimum absolute atomic E-state index is 0.220. The van der Waals surface area contributed by atoms with E-state index in [0.717, 1.165) is 0 Å². The molecule has 0 aliphatic rings. The Kier molecular flexibility index (Phi) is 5.15. The standard InChI is InChI=1S/C7H16N2OS/c1-5(2)6(4-10-3)9-7(8)11/h5-6H,4H2,1-3H3,(H3,8,9,11). The first-order chi connectivity index (χ1) is 5.07. The van der Waals surface area contributed by atoms with E-state index in [1.165, 1.54) is 0 Å². The van der Waals surface area contributed by atoms with E-state index >= 15 is 0 Å². The van der Waals surface area contributed by atoms with Crippen molar-refractivity contribution in [2.45, 2.75) is 19.9 Å². The second kappa shape index (κ2) is 5.32. The number of methoxy groups -OCH3 is 1. The van der Waals surface area contributed by atoms with Crippen LogP contribution in [0.1, 0.15) is 13.8 Å². The van der Waals surface area contributed by atoms with Gasteiger partial charge in [-0.2, -0.15) is 0 Å². The quantitative estimate of drug-likeness (QED) is 0.612. The molecule has 11 heavy (non-hydrogen) atoms. The van der Waals surface area contributed by atoms with Gasteiger partial charge in [0.25, 0.3) is 0 Å². The molecule has 0 aromatic rings. The summed E-state index contributed by atoms with van der Waals surface area (Å²) >= 11 is 4.72. The lowest BCUT2D eigenvalue weighted by atomic mass is 10.1. The molecule has 1 atom stereocenters. The molecule has 66 valence electrons. The summed E-state index contributed by atoms with van der Waals surface area (Å²) in [6.07, 6.45) is 0. The molecule has 0 fully saturated rings. The van der Waals surface area contributed by atoms with Gasteiger partial charge in [-0.25, -0.2) is 0 Å². The third-order valence-electron chi connectivity index (χ3n) is 1.48. The fraction of sp³-hybridized carbons (Fsp3) is 0.857. The first kappa shape index (κ1) is 10.7. The van der Waals surface area contributed by atoms with Crippen molar-refractivity contribution < 1.29 is 4.74 Å². The summed E-state index contributed by atoms with van der Waals surface area (Å²) in [6, 6.07) is 0.220. The van der Waals surface area contributed by atoms with E-state index in [1.807, 2.05) is 0 Å². The highest BCUT2D eigenvalue weighted by Crippen LogP contribution is 2.00. The molecule has 0 bridgehead atoms. The Morgan fingerprint density at radius 2 is 2.18 bits per heavy atom. The summed E-state index contributed by atoms with van der Waals surface area (Å²) in [5.74, 6) is 0.469. The zero-order valence-electron chi connectivity index (χ0n) is 7.26. The van der Waals surface area contributed by atoms with E-state index in [2.05, 4.69) is 19.2 Å². The monoisotopic (exact) mass is 176 g/mol. The number of hydrogen-bond donors (Lipinski definition) is 2. The second-order valence-corrected chi connectivity index (χ2v) is 3.25. The number of ether oxygens (including phenoxy) is 1. The summed E-state index contributed by atoms with van der Waals surface area (Å²) in [6.45, 7) is 4.82. The Morgan fingerprint density at radius 3 is 2.45 bits per heavy atom. The molecule has 0 saturated heterocycles. The van der Waals surface area contributed by atoms with Gasteiger partial charge in [-0.3, -0.25) is 0 Å². The summed E-state index contributed by atoms with van der Waals surface area (Å²) in [5, 5.41) is 3.30. The zero-order valence-corrected chi connectivity index (χ0v) is 8.07. The molecule has 0 aromatic heterocycles. The van der Waals surface area contributed by atoms with Gasteiger partial charge in [-0.1, -0.05) is 13.8 Å². The van der Waals surface area contributed by atoms with Gasteiger partial charge in [0, 0.05) is 7.11 Å². The van der Waals surface area contributed by atoms with Gasteiger partial charge < -0.3 is 15.8 Å². The molecule has 0 heterocycles. The molecule has 3 nitrogen and oxygen atoms in total. The molecular formula is C7H16N2OS. The van der Waals surface area contributed by atoms with Crippen molar-refractivity contribution in [2.75, 3.05) is 13.7 Å². The highest BCUT2D eigenvalue weighted by molar-refractivity contribution is 7.80. The van der Waals surface area contributed by atoms with E-state index in [1.54, 1.807) is 7.11 Å². The van der Waals surface area contributed by atoms with E-state index in [9.17, 15) is 0 Å². The van der Waals surface area contributed by atoms with Crippen LogP contribution in [0.5, 0.6) is 0 Å². The van der Waals surface area contributed by atoms with Crippen LogP contribution in [0.15, 0.2) is 0 Å². The van der Waals surface area contributed by atoms with Gasteiger partial charge in [-0.05, 0) is 18.1 Å². The summed E-state index contributed by atoms with van der Waals surface area (Å²) in [5.41, 5.74) is 5.33. The van der Waals surface area contributed by atoms with E-state index in [4.69, 9.17) is 22.7 Å². The molecule has 1 unspecified atom stereocenters. The lowest BCUT2D eigenvalue weighted by molar-refractivity contribution is 0.156. The number of nitrogens with one attached hydrogen (secondary N) is 1. The maximum atomic E-state index is 5.33. The van der Waals surface area contributed by atoms with Gasteiger partial charge in [0.1, 0.15) is 0 Å². The summed E-state index contributed by atoms with van der Waals surface area (Å²) in [7, 11) is 1.66. The molecule has 4 heteroatoms. The van der Waals surface area contributed by atoms with Crippen LogP contribution in [0, 0.1) is 5.92 Å². The second-order valence-electron chi connectivity index (χ2n) is 2.81.